The van der Waals surface area contributed by atoms with Gasteiger partial charge in [0.2, 0.25) is 5.91 Å². The quantitative estimate of drug-likeness (QED) is 0.786. The summed E-state index contributed by atoms with van der Waals surface area (Å²) < 4.78 is 5.39. The number of amides is 3. The fourth-order valence-corrected chi connectivity index (χ4v) is 2.49. The molecule has 110 valence electrons. The van der Waals surface area contributed by atoms with Gasteiger partial charge in [-0.1, -0.05) is 0 Å². The van der Waals surface area contributed by atoms with Crippen molar-refractivity contribution in [2.24, 2.45) is 0 Å². The van der Waals surface area contributed by atoms with Crippen molar-refractivity contribution in [2.75, 3.05) is 19.7 Å². The molecule has 7 nitrogen and oxygen atoms in total. The Morgan fingerprint density at radius 2 is 2.29 bits per heavy atom. The van der Waals surface area contributed by atoms with Gasteiger partial charge in [0.05, 0.1) is 11.7 Å². The first-order chi connectivity index (χ1) is 10.2. The average Bonchev–Trinajstić information content (AvgIpc) is 3.09. The minimum Gasteiger partial charge on any atom is -0.376 e. The smallest absolute Gasteiger partial charge is 0.280 e. The van der Waals surface area contributed by atoms with E-state index in [2.05, 4.69) is 10.3 Å². The maximum Gasteiger partial charge on any atom is 0.280 e. The number of nitrogens with one attached hydrogen (secondary N) is 1. The van der Waals surface area contributed by atoms with Crippen molar-refractivity contribution in [2.45, 2.75) is 18.9 Å². The number of ether oxygens (including phenoxy) is 1. The summed E-state index contributed by atoms with van der Waals surface area (Å²) in [5.74, 6) is -1.38. The summed E-state index contributed by atoms with van der Waals surface area (Å²) in [5.41, 5.74) is 0.351. The molecule has 3 rings (SSSR count). The summed E-state index contributed by atoms with van der Waals surface area (Å²) in [4.78, 5) is 40.8. The Bertz CT molecular complexity index is 561. The molecule has 2 aliphatic rings. The topological polar surface area (TPSA) is 88.6 Å². The highest BCUT2D eigenvalue weighted by Crippen LogP contribution is 2.19. The van der Waals surface area contributed by atoms with Crippen molar-refractivity contribution in [1.82, 2.24) is 15.2 Å². The second-order valence-electron chi connectivity index (χ2n) is 5.04. The van der Waals surface area contributed by atoms with Crippen LogP contribution in [-0.4, -0.2) is 53.4 Å². The number of carbonyl (C=O) groups excluding carboxylic acids is 3. The molecule has 3 heterocycles. The van der Waals surface area contributed by atoms with E-state index < -0.39 is 11.8 Å². The van der Waals surface area contributed by atoms with Gasteiger partial charge in [-0.15, -0.1) is 0 Å². The van der Waals surface area contributed by atoms with Crippen molar-refractivity contribution >= 4 is 17.7 Å². The van der Waals surface area contributed by atoms with Gasteiger partial charge in [-0.05, 0) is 25.0 Å². The summed E-state index contributed by atoms with van der Waals surface area (Å²) in [6, 6.07) is 3.12. The number of aromatic nitrogens is 1. The highest BCUT2D eigenvalue weighted by atomic mass is 16.5. The molecule has 0 aliphatic carbocycles. The predicted octanol–water partition coefficient (Wildman–Crippen LogP) is -0.0272. The minimum atomic E-state index is -0.525. The Morgan fingerprint density at radius 3 is 3.00 bits per heavy atom. The Morgan fingerprint density at radius 1 is 1.43 bits per heavy atom. The van der Waals surface area contributed by atoms with E-state index in [0.717, 1.165) is 17.7 Å². The fourth-order valence-electron chi connectivity index (χ4n) is 2.49. The van der Waals surface area contributed by atoms with Gasteiger partial charge in [-0.3, -0.25) is 24.3 Å². The Hall–Kier alpha value is -2.28. The van der Waals surface area contributed by atoms with Gasteiger partial charge in [-0.2, -0.15) is 0 Å². The summed E-state index contributed by atoms with van der Waals surface area (Å²) in [7, 11) is 0. The van der Waals surface area contributed by atoms with Gasteiger partial charge in [0.1, 0.15) is 12.2 Å². The SMILES string of the molecule is O=C(CN1C(=O)c2cccnc2C1=O)NCC1CCCO1. The number of fused-ring (bicyclic) bond motifs is 1. The van der Waals surface area contributed by atoms with Crippen molar-refractivity contribution in [3.05, 3.63) is 29.6 Å². The van der Waals surface area contributed by atoms with Gasteiger partial charge in [0.15, 0.2) is 0 Å². The van der Waals surface area contributed by atoms with E-state index in [1.807, 2.05) is 0 Å². The van der Waals surface area contributed by atoms with Gasteiger partial charge >= 0.3 is 0 Å². The normalized spacial score (nSPS) is 20.8. The maximum atomic E-state index is 12.1. The summed E-state index contributed by atoms with van der Waals surface area (Å²) >= 11 is 0. The molecule has 1 aromatic rings. The predicted molar refractivity (Wildman–Crippen MR) is 71.6 cm³/mol. The van der Waals surface area contributed by atoms with Crippen molar-refractivity contribution in [3.8, 4) is 0 Å². The lowest BCUT2D eigenvalue weighted by Gasteiger charge is -2.15. The Labute approximate surface area is 121 Å². The first-order valence-corrected chi connectivity index (χ1v) is 6.86. The van der Waals surface area contributed by atoms with Gasteiger partial charge < -0.3 is 10.1 Å². The molecule has 1 aromatic heterocycles. The van der Waals surface area contributed by atoms with E-state index in [-0.39, 0.29) is 29.8 Å². The maximum absolute atomic E-state index is 12.1. The van der Waals surface area contributed by atoms with Crippen LogP contribution < -0.4 is 5.32 Å². The molecule has 1 atom stereocenters. The van der Waals surface area contributed by atoms with E-state index in [4.69, 9.17) is 4.74 Å². The van der Waals surface area contributed by atoms with Crippen LogP contribution in [-0.2, 0) is 9.53 Å². The Kier molecular flexibility index (Phi) is 3.66. The van der Waals surface area contributed by atoms with E-state index in [1.54, 1.807) is 6.07 Å². The van der Waals surface area contributed by atoms with E-state index in [1.165, 1.54) is 12.3 Å². The highest BCUT2D eigenvalue weighted by molar-refractivity contribution is 6.21. The molecule has 21 heavy (non-hydrogen) atoms. The molecule has 0 bridgehead atoms. The molecule has 3 amide bonds. The first kappa shape index (κ1) is 13.7. The van der Waals surface area contributed by atoms with Gasteiger partial charge in [0, 0.05) is 19.3 Å². The lowest BCUT2D eigenvalue weighted by molar-refractivity contribution is -0.121. The largest absolute Gasteiger partial charge is 0.376 e. The molecule has 1 unspecified atom stereocenters. The number of carbonyl (C=O) groups is 3. The van der Waals surface area contributed by atoms with Crippen LogP contribution in [0.1, 0.15) is 33.7 Å². The molecule has 1 fully saturated rings. The third kappa shape index (κ3) is 2.64. The van der Waals surface area contributed by atoms with Crippen molar-refractivity contribution in [3.63, 3.8) is 0 Å². The van der Waals surface area contributed by atoms with Crippen LogP contribution in [0.15, 0.2) is 18.3 Å². The van der Waals surface area contributed by atoms with Crippen LogP contribution in [0, 0.1) is 0 Å². The molecule has 7 heteroatoms. The van der Waals surface area contributed by atoms with E-state index >= 15 is 0 Å². The summed E-state index contributed by atoms with van der Waals surface area (Å²) in [6.07, 6.45) is 3.38. The van der Waals surface area contributed by atoms with Gasteiger partial charge in [-0.25, -0.2) is 0 Å². The lowest BCUT2D eigenvalue weighted by Crippen LogP contribution is -2.42. The van der Waals surface area contributed by atoms with Crippen molar-refractivity contribution < 1.29 is 19.1 Å². The molecule has 0 spiro atoms. The second kappa shape index (κ2) is 5.61. The molecule has 1 saturated heterocycles. The van der Waals surface area contributed by atoms with Crippen LogP contribution >= 0.6 is 0 Å². The highest BCUT2D eigenvalue weighted by Gasteiger charge is 2.37. The molecular formula is C14H15N3O4. The third-order valence-electron chi connectivity index (χ3n) is 3.58. The van der Waals surface area contributed by atoms with E-state index in [0.29, 0.717) is 13.2 Å². The zero-order chi connectivity index (χ0) is 14.8. The van der Waals surface area contributed by atoms with Crippen LogP contribution in [0.4, 0.5) is 0 Å². The number of pyridine rings is 1. The Balaban J connectivity index is 1.59. The molecule has 0 saturated carbocycles. The average molecular weight is 289 g/mol. The lowest BCUT2D eigenvalue weighted by atomic mass is 10.2. The first-order valence-electron chi connectivity index (χ1n) is 6.86. The number of hydrogen-bond donors (Lipinski definition) is 1. The van der Waals surface area contributed by atoms with Crippen LogP contribution in [0.3, 0.4) is 0 Å². The molecular weight excluding hydrogens is 274 g/mol. The molecule has 0 radical (unpaired) electrons. The number of nitrogens with zero attached hydrogens (tertiary/aromatic N) is 2. The summed E-state index contributed by atoms with van der Waals surface area (Å²) in [6.45, 7) is 0.825. The van der Waals surface area contributed by atoms with Crippen LogP contribution in [0.25, 0.3) is 0 Å². The molecule has 0 aromatic carbocycles. The number of hydrogen-bond acceptors (Lipinski definition) is 5. The molecule has 1 N–H and O–H groups in total. The van der Waals surface area contributed by atoms with E-state index in [9.17, 15) is 14.4 Å². The van der Waals surface area contributed by atoms with Crippen LogP contribution in [0.5, 0.6) is 0 Å². The second-order valence-corrected chi connectivity index (χ2v) is 5.04. The summed E-state index contributed by atoms with van der Waals surface area (Å²) in [5, 5.41) is 2.69. The standard InChI is InChI=1S/C14H15N3O4/c18-11(16-7-9-3-2-6-21-9)8-17-13(19)10-4-1-5-15-12(10)14(17)20/h1,4-5,9H,2-3,6-8H2,(H,16,18). The number of imide groups is 1. The minimum absolute atomic E-state index is 0.0257. The third-order valence-corrected chi connectivity index (χ3v) is 3.58. The van der Waals surface area contributed by atoms with Crippen molar-refractivity contribution in [1.29, 1.82) is 0 Å². The molecule has 2 aliphatic heterocycles. The zero-order valence-corrected chi connectivity index (χ0v) is 11.4. The fraction of sp³-hybridized carbons (Fsp3) is 0.429. The number of rotatable bonds is 4. The monoisotopic (exact) mass is 289 g/mol. The zero-order valence-electron chi connectivity index (χ0n) is 11.4. The van der Waals surface area contributed by atoms with Crippen LogP contribution in [0.2, 0.25) is 0 Å². The van der Waals surface area contributed by atoms with Gasteiger partial charge in [0.25, 0.3) is 11.8 Å².